The molecule has 1 atom stereocenters. The SMILES string of the molecule is CCN1C(=O)c2c(C(=O)NCc3cccnc3)ncn2C[C@@]1(C)C(=O)NCc1ccc(OC)cc1. The Balaban J connectivity index is 1.50. The van der Waals surface area contributed by atoms with Crippen LogP contribution in [0.25, 0.3) is 0 Å². The molecule has 182 valence electrons. The van der Waals surface area contributed by atoms with E-state index in [1.165, 1.54) is 11.2 Å². The van der Waals surface area contributed by atoms with Crippen molar-refractivity contribution in [1.29, 1.82) is 0 Å². The average molecular weight is 477 g/mol. The Labute approximate surface area is 203 Å². The molecule has 10 heteroatoms. The molecule has 1 aliphatic rings. The summed E-state index contributed by atoms with van der Waals surface area (Å²) < 4.78 is 6.75. The number of likely N-dealkylation sites (N-methyl/N-ethyl adjacent to an activating group) is 1. The molecular weight excluding hydrogens is 448 g/mol. The number of imidazole rings is 1. The average Bonchev–Trinajstić information content (AvgIpc) is 3.30. The third kappa shape index (κ3) is 4.72. The van der Waals surface area contributed by atoms with Crippen molar-refractivity contribution in [3.05, 3.63) is 77.6 Å². The summed E-state index contributed by atoms with van der Waals surface area (Å²) in [6.45, 7) is 4.58. The van der Waals surface area contributed by atoms with Gasteiger partial charge in [0.05, 0.1) is 20.0 Å². The maximum Gasteiger partial charge on any atom is 0.273 e. The van der Waals surface area contributed by atoms with Gasteiger partial charge in [-0.1, -0.05) is 18.2 Å². The minimum Gasteiger partial charge on any atom is -0.497 e. The normalized spacial score (nSPS) is 17.0. The molecular formula is C25H28N6O4. The number of carbonyl (C=O) groups is 3. The monoisotopic (exact) mass is 476 g/mol. The van der Waals surface area contributed by atoms with Crippen LogP contribution in [0.3, 0.4) is 0 Å². The van der Waals surface area contributed by atoms with Crippen LogP contribution in [0.15, 0.2) is 55.1 Å². The number of carbonyl (C=O) groups excluding carboxylic acids is 3. The second-order valence-electron chi connectivity index (χ2n) is 8.47. The molecule has 0 spiro atoms. The van der Waals surface area contributed by atoms with Crippen molar-refractivity contribution in [3.8, 4) is 5.75 Å². The van der Waals surface area contributed by atoms with Crippen molar-refractivity contribution in [1.82, 2.24) is 30.1 Å². The summed E-state index contributed by atoms with van der Waals surface area (Å²) in [5.41, 5.74) is 0.810. The largest absolute Gasteiger partial charge is 0.497 e. The van der Waals surface area contributed by atoms with Gasteiger partial charge in [-0.25, -0.2) is 4.98 Å². The minimum absolute atomic E-state index is 0.0398. The number of hydrogen-bond acceptors (Lipinski definition) is 6. The number of nitrogens with one attached hydrogen (secondary N) is 2. The Morgan fingerprint density at radius 1 is 1.11 bits per heavy atom. The van der Waals surface area contributed by atoms with E-state index in [2.05, 4.69) is 20.6 Å². The van der Waals surface area contributed by atoms with Crippen LogP contribution in [-0.4, -0.2) is 56.3 Å². The van der Waals surface area contributed by atoms with Crippen molar-refractivity contribution >= 4 is 17.7 Å². The van der Waals surface area contributed by atoms with Gasteiger partial charge in [-0.2, -0.15) is 0 Å². The molecule has 1 aromatic carbocycles. The van der Waals surface area contributed by atoms with E-state index >= 15 is 0 Å². The maximum atomic E-state index is 13.5. The number of rotatable bonds is 8. The molecule has 2 N–H and O–H groups in total. The van der Waals surface area contributed by atoms with E-state index in [9.17, 15) is 14.4 Å². The molecule has 0 fully saturated rings. The topological polar surface area (TPSA) is 118 Å². The number of ether oxygens (including phenoxy) is 1. The van der Waals surface area contributed by atoms with Crippen molar-refractivity contribution in [2.45, 2.75) is 39.0 Å². The molecule has 0 radical (unpaired) electrons. The second kappa shape index (κ2) is 9.96. The summed E-state index contributed by atoms with van der Waals surface area (Å²) in [4.78, 5) is 49.3. The fourth-order valence-corrected chi connectivity index (χ4v) is 4.23. The van der Waals surface area contributed by atoms with Crippen LogP contribution in [0.1, 0.15) is 46.0 Å². The van der Waals surface area contributed by atoms with E-state index in [0.29, 0.717) is 13.1 Å². The first-order chi connectivity index (χ1) is 16.9. The lowest BCUT2D eigenvalue weighted by molar-refractivity contribution is -0.132. The number of benzene rings is 1. The fraction of sp³-hybridized carbons (Fsp3) is 0.320. The first-order valence-corrected chi connectivity index (χ1v) is 11.3. The molecule has 35 heavy (non-hydrogen) atoms. The molecule has 3 amide bonds. The summed E-state index contributed by atoms with van der Waals surface area (Å²) >= 11 is 0. The summed E-state index contributed by atoms with van der Waals surface area (Å²) in [5.74, 6) is -0.426. The second-order valence-corrected chi connectivity index (χ2v) is 8.47. The Hall–Kier alpha value is -4.21. The van der Waals surface area contributed by atoms with Gasteiger partial charge in [-0.3, -0.25) is 19.4 Å². The van der Waals surface area contributed by atoms with Crippen molar-refractivity contribution < 1.29 is 19.1 Å². The third-order valence-corrected chi connectivity index (χ3v) is 6.17. The molecule has 4 rings (SSSR count). The summed E-state index contributed by atoms with van der Waals surface area (Å²) in [6, 6.07) is 11.0. The zero-order valence-electron chi connectivity index (χ0n) is 19.9. The van der Waals surface area contributed by atoms with Crippen LogP contribution in [-0.2, 0) is 24.4 Å². The first-order valence-electron chi connectivity index (χ1n) is 11.3. The number of aromatic nitrogens is 3. The lowest BCUT2D eigenvalue weighted by Crippen LogP contribution is -2.63. The van der Waals surface area contributed by atoms with Gasteiger partial charge in [0.15, 0.2) is 5.69 Å². The van der Waals surface area contributed by atoms with Gasteiger partial charge in [0.2, 0.25) is 5.91 Å². The van der Waals surface area contributed by atoms with Gasteiger partial charge in [0.1, 0.15) is 17.0 Å². The van der Waals surface area contributed by atoms with Crippen molar-refractivity contribution in [2.75, 3.05) is 13.7 Å². The molecule has 0 saturated heterocycles. The lowest BCUT2D eigenvalue weighted by atomic mass is 9.94. The predicted molar refractivity (Wildman–Crippen MR) is 128 cm³/mol. The van der Waals surface area contributed by atoms with Gasteiger partial charge < -0.3 is 24.8 Å². The number of methoxy groups -OCH3 is 1. The van der Waals surface area contributed by atoms with Gasteiger partial charge in [-0.15, -0.1) is 0 Å². The van der Waals surface area contributed by atoms with E-state index in [4.69, 9.17) is 4.74 Å². The zero-order valence-corrected chi connectivity index (χ0v) is 19.9. The van der Waals surface area contributed by atoms with Crippen LogP contribution < -0.4 is 15.4 Å². The fourth-order valence-electron chi connectivity index (χ4n) is 4.23. The van der Waals surface area contributed by atoms with E-state index in [1.54, 1.807) is 44.0 Å². The standard InChI is InChI=1S/C25H28N6O4/c1-4-31-23(33)21-20(22(32)27-14-18-6-5-11-26-12-18)29-16-30(21)15-25(31,2)24(34)28-13-17-7-9-19(35-3)10-8-17/h5-12,16H,4,13-15H2,1-3H3,(H,27,32)(H,28,34)/t25-/m0/s1. The maximum absolute atomic E-state index is 13.5. The third-order valence-electron chi connectivity index (χ3n) is 6.17. The number of amides is 3. The molecule has 0 aliphatic carbocycles. The van der Waals surface area contributed by atoms with Crippen molar-refractivity contribution in [3.63, 3.8) is 0 Å². The van der Waals surface area contributed by atoms with Gasteiger partial charge in [0.25, 0.3) is 11.8 Å². The summed E-state index contributed by atoms with van der Waals surface area (Å²) in [7, 11) is 1.59. The molecule has 2 aromatic heterocycles. The molecule has 0 bridgehead atoms. The van der Waals surface area contributed by atoms with Crippen LogP contribution >= 0.6 is 0 Å². The van der Waals surface area contributed by atoms with Gasteiger partial charge in [-0.05, 0) is 43.2 Å². The molecule has 0 saturated carbocycles. The molecule has 1 aliphatic heterocycles. The number of nitrogens with zero attached hydrogens (tertiary/aromatic N) is 4. The highest BCUT2D eigenvalue weighted by molar-refractivity contribution is 6.07. The Bertz CT molecular complexity index is 1220. The highest BCUT2D eigenvalue weighted by Gasteiger charge is 2.48. The molecule has 3 aromatic rings. The minimum atomic E-state index is -1.14. The van der Waals surface area contributed by atoms with Gasteiger partial charge >= 0.3 is 0 Å². The number of fused-ring (bicyclic) bond motifs is 1. The first kappa shape index (κ1) is 23.9. The van der Waals surface area contributed by atoms with Crippen LogP contribution in [0.2, 0.25) is 0 Å². The highest BCUT2D eigenvalue weighted by atomic mass is 16.5. The Morgan fingerprint density at radius 2 is 1.86 bits per heavy atom. The zero-order chi connectivity index (χ0) is 25.0. The Kier molecular flexibility index (Phi) is 6.81. The van der Waals surface area contributed by atoms with E-state index < -0.39 is 17.4 Å². The Morgan fingerprint density at radius 3 is 2.51 bits per heavy atom. The van der Waals surface area contributed by atoms with E-state index in [-0.39, 0.29) is 30.4 Å². The highest BCUT2D eigenvalue weighted by Crippen LogP contribution is 2.29. The molecule has 10 nitrogen and oxygen atoms in total. The van der Waals surface area contributed by atoms with E-state index in [1.807, 2.05) is 30.3 Å². The van der Waals surface area contributed by atoms with E-state index in [0.717, 1.165) is 16.9 Å². The molecule has 0 unspecified atom stereocenters. The van der Waals surface area contributed by atoms with Crippen LogP contribution in [0.5, 0.6) is 5.75 Å². The predicted octanol–water partition coefficient (Wildman–Crippen LogP) is 1.77. The van der Waals surface area contributed by atoms with Crippen LogP contribution in [0, 0.1) is 0 Å². The number of hydrogen-bond donors (Lipinski definition) is 2. The number of pyridine rings is 1. The van der Waals surface area contributed by atoms with Crippen LogP contribution in [0.4, 0.5) is 0 Å². The molecule has 3 heterocycles. The summed E-state index contributed by atoms with van der Waals surface area (Å²) in [5, 5.41) is 5.72. The van der Waals surface area contributed by atoms with Gasteiger partial charge in [0, 0.05) is 32.0 Å². The quantitative estimate of drug-likeness (QED) is 0.512. The van der Waals surface area contributed by atoms with Crippen molar-refractivity contribution in [2.24, 2.45) is 0 Å². The summed E-state index contributed by atoms with van der Waals surface area (Å²) in [6.07, 6.45) is 4.75. The smallest absolute Gasteiger partial charge is 0.273 e. The lowest BCUT2D eigenvalue weighted by Gasteiger charge is -2.43.